The van der Waals surface area contributed by atoms with Crippen molar-refractivity contribution in [3.63, 3.8) is 0 Å². The van der Waals surface area contributed by atoms with Crippen LogP contribution in [0.1, 0.15) is 144 Å². The van der Waals surface area contributed by atoms with Crippen LogP contribution >= 0.6 is 0 Å². The van der Waals surface area contributed by atoms with E-state index >= 15 is 0 Å². The van der Waals surface area contributed by atoms with E-state index in [1.807, 2.05) is 49.8 Å². The highest BCUT2D eigenvalue weighted by molar-refractivity contribution is 6.02. The van der Waals surface area contributed by atoms with Crippen molar-refractivity contribution in [1.29, 1.82) is 0 Å². The number of carbonyl (C=O) groups excluding carboxylic acids is 2. The molecule has 0 bridgehead atoms. The molecule has 0 unspecified atom stereocenters. The molecule has 326 valence electrons. The van der Waals surface area contributed by atoms with Gasteiger partial charge < -0.3 is 19.9 Å². The standard InChI is InChI=1S/C49H73N3O7/c1-13-34(59-39(54)29-45(6,7)44(56)57)21-22-46(8)31(4)20-23-48(10)38(46)19-18-36-41-40(30(2)3)37(53)28-49(41,25-24-47(36,48)9)42-32(5)43(55)52(51(42)27-26-50-11)33-14-16-35(58-12)17-15-33/h14-17,30-31,34,36,38,50H,13,18-29H2,1-12H3,(H,56,57)/t31-,34-,36-,38-,46+,47-,48-,49-/m1/s1. The van der Waals surface area contributed by atoms with E-state index in [9.17, 15) is 24.3 Å². The number of benzene rings is 1. The molecule has 0 aliphatic heterocycles. The van der Waals surface area contributed by atoms with Crippen LogP contribution in [0.5, 0.6) is 5.75 Å². The first-order chi connectivity index (χ1) is 27.7. The topological polar surface area (TPSA) is 129 Å². The minimum absolute atomic E-state index is 0.00380. The zero-order valence-corrected chi connectivity index (χ0v) is 38.2. The maximum Gasteiger partial charge on any atom is 0.309 e. The minimum atomic E-state index is -1.18. The Hall–Kier alpha value is -3.66. The number of aliphatic carboxylic acids is 1. The molecule has 59 heavy (non-hydrogen) atoms. The van der Waals surface area contributed by atoms with Crippen LogP contribution in [0, 0.1) is 52.3 Å². The summed E-state index contributed by atoms with van der Waals surface area (Å²) in [7, 11) is 3.58. The van der Waals surface area contributed by atoms with Gasteiger partial charge in [-0.15, -0.1) is 0 Å². The van der Waals surface area contributed by atoms with Gasteiger partial charge in [0.2, 0.25) is 0 Å². The summed E-state index contributed by atoms with van der Waals surface area (Å²) in [5.74, 6) is 0.733. The van der Waals surface area contributed by atoms with E-state index in [2.05, 4.69) is 51.5 Å². The summed E-state index contributed by atoms with van der Waals surface area (Å²) in [6.45, 7) is 22.8. The molecule has 3 saturated carbocycles. The third-order valence-electron chi connectivity index (χ3n) is 16.8. The zero-order valence-electron chi connectivity index (χ0n) is 38.2. The van der Waals surface area contributed by atoms with Crippen LogP contribution in [0.3, 0.4) is 0 Å². The van der Waals surface area contributed by atoms with Gasteiger partial charge in [0.1, 0.15) is 11.9 Å². The third-order valence-corrected chi connectivity index (χ3v) is 16.8. The smallest absolute Gasteiger partial charge is 0.309 e. The van der Waals surface area contributed by atoms with Crippen LogP contribution < -0.4 is 15.6 Å². The lowest BCUT2D eigenvalue weighted by molar-refractivity contribution is -0.184. The van der Waals surface area contributed by atoms with Crippen LogP contribution in [0.4, 0.5) is 0 Å². The molecule has 8 atom stereocenters. The number of esters is 1. The molecule has 0 amide bonds. The van der Waals surface area contributed by atoms with Crippen molar-refractivity contribution in [3.8, 4) is 11.4 Å². The van der Waals surface area contributed by atoms with Crippen LogP contribution in [-0.2, 0) is 31.1 Å². The van der Waals surface area contributed by atoms with Crippen molar-refractivity contribution < 1.29 is 29.0 Å². The summed E-state index contributed by atoms with van der Waals surface area (Å²) < 4.78 is 15.5. The predicted octanol–water partition coefficient (Wildman–Crippen LogP) is 9.21. The average Bonchev–Trinajstić information content (AvgIpc) is 3.63. The molecule has 10 heteroatoms. The van der Waals surface area contributed by atoms with E-state index < -0.39 is 22.8 Å². The molecule has 4 aliphatic carbocycles. The fraction of sp³-hybridized carbons (Fsp3) is 0.714. The van der Waals surface area contributed by atoms with Crippen molar-refractivity contribution in [2.75, 3.05) is 20.7 Å². The molecule has 2 aromatic rings. The molecule has 1 aromatic heterocycles. The molecule has 1 aromatic carbocycles. The number of allylic oxidation sites excluding steroid dienone is 2. The number of carboxylic acid groups (broad SMARTS) is 1. The van der Waals surface area contributed by atoms with E-state index in [0.717, 1.165) is 79.6 Å². The van der Waals surface area contributed by atoms with Gasteiger partial charge in [0, 0.05) is 23.9 Å². The van der Waals surface area contributed by atoms with Crippen molar-refractivity contribution in [3.05, 3.63) is 57.0 Å². The van der Waals surface area contributed by atoms with Gasteiger partial charge in [0.15, 0.2) is 5.78 Å². The van der Waals surface area contributed by atoms with Crippen LogP contribution in [0.2, 0.25) is 0 Å². The molecular weight excluding hydrogens is 743 g/mol. The molecule has 2 N–H and O–H groups in total. The van der Waals surface area contributed by atoms with E-state index in [-0.39, 0.29) is 51.9 Å². The molecule has 0 spiro atoms. The Labute approximate surface area is 352 Å². The van der Waals surface area contributed by atoms with E-state index in [1.54, 1.807) is 21.0 Å². The number of nitrogens with one attached hydrogen (secondary N) is 1. The number of hydrogen-bond donors (Lipinski definition) is 2. The Morgan fingerprint density at radius 1 is 1.02 bits per heavy atom. The van der Waals surface area contributed by atoms with Gasteiger partial charge in [0.05, 0.1) is 36.9 Å². The maximum atomic E-state index is 14.6. The fourth-order valence-corrected chi connectivity index (χ4v) is 13.0. The first kappa shape index (κ1) is 44.9. The second kappa shape index (κ2) is 16.3. The number of ether oxygens (including phenoxy) is 2. The number of rotatable bonds is 15. The zero-order chi connectivity index (χ0) is 43.5. The summed E-state index contributed by atoms with van der Waals surface area (Å²) in [5.41, 5.74) is 3.02. The molecule has 1 heterocycles. The second-order valence-electron chi connectivity index (χ2n) is 20.6. The van der Waals surface area contributed by atoms with Crippen LogP contribution in [0.25, 0.3) is 5.69 Å². The lowest BCUT2D eigenvalue weighted by atomic mass is 9.35. The van der Waals surface area contributed by atoms with Crippen LogP contribution in [-0.4, -0.2) is 59.0 Å². The summed E-state index contributed by atoms with van der Waals surface area (Å²) in [6.07, 6.45) is 8.44. The average molecular weight is 816 g/mol. The lowest BCUT2D eigenvalue weighted by Crippen LogP contribution is -2.62. The summed E-state index contributed by atoms with van der Waals surface area (Å²) in [6, 6.07) is 7.68. The van der Waals surface area contributed by atoms with Gasteiger partial charge in [-0.25, -0.2) is 4.68 Å². The summed E-state index contributed by atoms with van der Waals surface area (Å²) >= 11 is 0. The maximum absolute atomic E-state index is 14.6. The number of Topliss-reactive ketones (excluding diaryl/α,β-unsaturated/α-hetero) is 1. The van der Waals surface area contributed by atoms with Crippen molar-refractivity contribution >= 4 is 17.7 Å². The number of nitrogens with zero attached hydrogens (tertiary/aromatic N) is 2. The van der Waals surface area contributed by atoms with Gasteiger partial charge >= 0.3 is 11.9 Å². The van der Waals surface area contributed by atoms with Gasteiger partial charge in [-0.2, -0.15) is 0 Å². The Kier molecular flexibility index (Phi) is 12.4. The number of fused-ring (bicyclic) bond motifs is 5. The van der Waals surface area contributed by atoms with Gasteiger partial charge in [-0.3, -0.25) is 23.9 Å². The molecule has 0 saturated heterocycles. The highest BCUT2D eigenvalue weighted by atomic mass is 16.5. The first-order valence-corrected chi connectivity index (χ1v) is 22.5. The van der Waals surface area contributed by atoms with Crippen molar-refractivity contribution in [2.45, 2.75) is 158 Å². The molecule has 0 radical (unpaired) electrons. The first-order valence-electron chi connectivity index (χ1n) is 22.5. The minimum Gasteiger partial charge on any atom is -0.497 e. The van der Waals surface area contributed by atoms with Crippen molar-refractivity contribution in [1.82, 2.24) is 14.7 Å². The van der Waals surface area contributed by atoms with Gasteiger partial charge in [-0.05, 0) is 161 Å². The number of methoxy groups -OCH3 is 1. The molecule has 4 aliphatic rings. The quantitative estimate of drug-likeness (QED) is 0.170. The number of aromatic nitrogens is 2. The van der Waals surface area contributed by atoms with E-state index in [4.69, 9.17) is 9.47 Å². The van der Waals surface area contributed by atoms with Gasteiger partial charge in [0.25, 0.3) is 5.56 Å². The Balaban J connectivity index is 1.40. The number of hydrogen-bond acceptors (Lipinski definition) is 7. The van der Waals surface area contributed by atoms with E-state index in [1.165, 1.54) is 5.57 Å². The molecule has 10 nitrogen and oxygen atoms in total. The number of likely N-dealkylation sites (N-methyl/N-ethyl adjacent to an activating group) is 1. The monoisotopic (exact) mass is 816 g/mol. The summed E-state index contributed by atoms with van der Waals surface area (Å²) in [5, 5.41) is 12.9. The summed E-state index contributed by atoms with van der Waals surface area (Å²) in [4.78, 5) is 53.9. The number of ketones is 1. The third kappa shape index (κ3) is 7.25. The molecule has 3 fully saturated rings. The Bertz CT molecular complexity index is 2020. The SMILES string of the molecule is CC[C@H](CC[C@@]1(C)[C@H](C)CC[C@]2(C)[C@@H]1CC[C@@H]1C3=C(C(C)C)C(=O)C[C@]3(c3c(C)c(=O)n(-c4ccc(OC)cc4)n3CCNC)CC[C@]12C)OC(=O)CC(C)(C)C(=O)O. The number of carbonyl (C=O) groups is 3. The predicted molar refractivity (Wildman–Crippen MR) is 232 cm³/mol. The lowest BCUT2D eigenvalue weighted by Gasteiger charge is -2.69. The molecular formula is C49H73N3O7. The second-order valence-corrected chi connectivity index (χ2v) is 20.6. The van der Waals surface area contributed by atoms with Crippen LogP contribution in [0.15, 0.2) is 40.2 Å². The largest absolute Gasteiger partial charge is 0.497 e. The highest BCUT2D eigenvalue weighted by Gasteiger charge is 2.68. The number of carboxylic acids is 1. The fourth-order valence-electron chi connectivity index (χ4n) is 13.0. The van der Waals surface area contributed by atoms with Gasteiger partial charge in [-0.1, -0.05) is 48.5 Å². The Morgan fingerprint density at radius 2 is 1.69 bits per heavy atom. The van der Waals surface area contributed by atoms with E-state index in [0.29, 0.717) is 37.8 Å². The normalized spacial score (nSPS) is 31.1. The Morgan fingerprint density at radius 3 is 2.29 bits per heavy atom. The molecule has 6 rings (SSSR count). The highest BCUT2D eigenvalue weighted by Crippen LogP contribution is 2.75. The van der Waals surface area contributed by atoms with Crippen molar-refractivity contribution in [2.24, 2.45) is 45.3 Å².